The molecular formula is C16H18BrN3. The summed E-state index contributed by atoms with van der Waals surface area (Å²) in [4.78, 5) is 9.16. The van der Waals surface area contributed by atoms with E-state index in [9.17, 15) is 0 Å². The molecule has 3 rings (SSSR count). The van der Waals surface area contributed by atoms with Gasteiger partial charge >= 0.3 is 0 Å². The number of hydrogen-bond acceptors (Lipinski definition) is 3. The summed E-state index contributed by atoms with van der Waals surface area (Å²) >= 11 is 3.51. The largest absolute Gasteiger partial charge is 0.317 e. The van der Waals surface area contributed by atoms with Crippen molar-refractivity contribution in [2.45, 2.75) is 19.3 Å². The van der Waals surface area contributed by atoms with Gasteiger partial charge in [0.25, 0.3) is 0 Å². The fourth-order valence-corrected chi connectivity index (χ4v) is 3.05. The van der Waals surface area contributed by atoms with Crippen molar-refractivity contribution in [1.29, 1.82) is 0 Å². The second-order valence-electron chi connectivity index (χ2n) is 5.27. The van der Waals surface area contributed by atoms with E-state index in [1.165, 1.54) is 12.8 Å². The molecule has 1 saturated heterocycles. The maximum absolute atomic E-state index is 4.73. The van der Waals surface area contributed by atoms with Crippen LogP contribution in [0, 0.1) is 5.92 Å². The van der Waals surface area contributed by atoms with Crippen LogP contribution in [-0.4, -0.2) is 23.1 Å². The Morgan fingerprint density at radius 3 is 2.85 bits per heavy atom. The first kappa shape index (κ1) is 13.7. The van der Waals surface area contributed by atoms with E-state index < -0.39 is 0 Å². The second-order valence-corrected chi connectivity index (χ2v) is 6.18. The van der Waals surface area contributed by atoms with Gasteiger partial charge in [-0.15, -0.1) is 0 Å². The Morgan fingerprint density at radius 2 is 2.05 bits per heavy atom. The first-order valence-corrected chi connectivity index (χ1v) is 7.89. The third-order valence-corrected chi connectivity index (χ3v) is 4.25. The smallest absolute Gasteiger partial charge is 0.129 e. The molecule has 1 fully saturated rings. The van der Waals surface area contributed by atoms with Crippen LogP contribution < -0.4 is 5.32 Å². The quantitative estimate of drug-likeness (QED) is 0.936. The van der Waals surface area contributed by atoms with Gasteiger partial charge in [0.2, 0.25) is 0 Å². The lowest BCUT2D eigenvalue weighted by molar-refractivity contribution is 0.367. The van der Waals surface area contributed by atoms with Crippen molar-refractivity contribution in [2.24, 2.45) is 5.92 Å². The Hall–Kier alpha value is -1.26. The zero-order valence-electron chi connectivity index (χ0n) is 11.3. The highest BCUT2D eigenvalue weighted by molar-refractivity contribution is 9.10. The van der Waals surface area contributed by atoms with Crippen molar-refractivity contribution >= 4 is 15.9 Å². The molecule has 1 aliphatic heterocycles. The molecule has 0 bridgehead atoms. The molecule has 0 saturated carbocycles. The number of hydrogen-bond donors (Lipinski definition) is 1. The Balaban J connectivity index is 1.78. The summed E-state index contributed by atoms with van der Waals surface area (Å²) in [6.07, 6.45) is 5.32. The summed E-state index contributed by atoms with van der Waals surface area (Å²) in [6.45, 7) is 2.24. The lowest BCUT2D eigenvalue weighted by Crippen LogP contribution is -2.29. The van der Waals surface area contributed by atoms with Crippen molar-refractivity contribution in [2.75, 3.05) is 13.1 Å². The number of piperidine rings is 1. The zero-order valence-corrected chi connectivity index (χ0v) is 12.9. The molecule has 0 amide bonds. The van der Waals surface area contributed by atoms with Crippen LogP contribution in [0.4, 0.5) is 0 Å². The Labute approximate surface area is 128 Å². The second kappa shape index (κ2) is 6.46. The van der Waals surface area contributed by atoms with Gasteiger partial charge in [-0.2, -0.15) is 0 Å². The van der Waals surface area contributed by atoms with Crippen LogP contribution in [-0.2, 0) is 6.42 Å². The Morgan fingerprint density at radius 1 is 1.20 bits per heavy atom. The zero-order chi connectivity index (χ0) is 13.8. The minimum absolute atomic E-state index is 0.717. The maximum atomic E-state index is 4.73. The Bertz CT molecular complexity index is 579. The van der Waals surface area contributed by atoms with E-state index >= 15 is 0 Å². The highest BCUT2D eigenvalue weighted by Crippen LogP contribution is 2.22. The van der Waals surface area contributed by atoms with E-state index in [4.69, 9.17) is 4.98 Å². The molecular weight excluding hydrogens is 314 g/mol. The van der Waals surface area contributed by atoms with E-state index in [0.29, 0.717) is 5.92 Å². The molecule has 104 valence electrons. The molecule has 2 heterocycles. The highest BCUT2D eigenvalue weighted by atomic mass is 79.9. The molecule has 4 heteroatoms. The number of benzene rings is 1. The van der Waals surface area contributed by atoms with Crippen molar-refractivity contribution in [3.63, 3.8) is 0 Å². The number of aromatic nitrogens is 2. The van der Waals surface area contributed by atoms with Crippen LogP contribution in [0.2, 0.25) is 0 Å². The van der Waals surface area contributed by atoms with Crippen LogP contribution in [0.1, 0.15) is 18.7 Å². The predicted molar refractivity (Wildman–Crippen MR) is 84.5 cm³/mol. The van der Waals surface area contributed by atoms with Gasteiger partial charge < -0.3 is 5.32 Å². The van der Waals surface area contributed by atoms with Crippen molar-refractivity contribution < 1.29 is 0 Å². The number of halogens is 1. The van der Waals surface area contributed by atoms with Crippen molar-refractivity contribution in [3.05, 3.63) is 46.8 Å². The number of nitrogens with one attached hydrogen (secondary N) is 1. The third-order valence-electron chi connectivity index (χ3n) is 3.76. The van der Waals surface area contributed by atoms with Crippen LogP contribution in [0.5, 0.6) is 0 Å². The molecule has 1 aromatic heterocycles. The fraction of sp³-hybridized carbons (Fsp3) is 0.375. The van der Waals surface area contributed by atoms with Crippen LogP contribution in [0.25, 0.3) is 11.3 Å². The minimum atomic E-state index is 0.717. The number of nitrogens with zero attached hydrogens (tertiary/aromatic N) is 2. The van der Waals surface area contributed by atoms with Gasteiger partial charge in [-0.1, -0.05) is 28.1 Å². The van der Waals surface area contributed by atoms with E-state index in [2.05, 4.69) is 38.4 Å². The van der Waals surface area contributed by atoms with Crippen LogP contribution >= 0.6 is 15.9 Å². The normalized spacial score (nSPS) is 16.2. The summed E-state index contributed by atoms with van der Waals surface area (Å²) in [5.41, 5.74) is 2.14. The van der Waals surface area contributed by atoms with E-state index in [-0.39, 0.29) is 0 Å². The van der Waals surface area contributed by atoms with Crippen molar-refractivity contribution in [1.82, 2.24) is 15.3 Å². The standard InChI is InChI=1S/C16H18BrN3/c17-14-3-1-2-13(11-14)15-6-9-19-16(20-15)10-12-4-7-18-8-5-12/h1-3,6,9,11-12,18H,4-5,7-8,10H2. The summed E-state index contributed by atoms with van der Waals surface area (Å²) in [6, 6.07) is 10.2. The molecule has 0 spiro atoms. The topological polar surface area (TPSA) is 37.8 Å². The summed E-state index contributed by atoms with van der Waals surface area (Å²) in [5, 5.41) is 3.40. The SMILES string of the molecule is Brc1cccc(-c2ccnc(CC3CCNCC3)n2)c1. The molecule has 0 radical (unpaired) electrons. The van der Waals surface area contributed by atoms with E-state index in [1.54, 1.807) is 0 Å². The third kappa shape index (κ3) is 3.44. The lowest BCUT2D eigenvalue weighted by Gasteiger charge is -2.21. The molecule has 3 nitrogen and oxygen atoms in total. The molecule has 1 aromatic carbocycles. The van der Waals surface area contributed by atoms with E-state index in [0.717, 1.165) is 41.1 Å². The van der Waals surface area contributed by atoms with Gasteiger partial charge in [0, 0.05) is 22.7 Å². The van der Waals surface area contributed by atoms with Gasteiger partial charge in [0.1, 0.15) is 5.82 Å². The fourth-order valence-electron chi connectivity index (χ4n) is 2.65. The molecule has 0 aliphatic carbocycles. The molecule has 0 unspecified atom stereocenters. The lowest BCUT2D eigenvalue weighted by atomic mass is 9.94. The van der Waals surface area contributed by atoms with Crippen LogP contribution in [0.3, 0.4) is 0 Å². The highest BCUT2D eigenvalue weighted by Gasteiger charge is 2.15. The minimum Gasteiger partial charge on any atom is -0.317 e. The summed E-state index contributed by atoms with van der Waals surface area (Å²) in [7, 11) is 0. The number of rotatable bonds is 3. The van der Waals surface area contributed by atoms with Gasteiger partial charge in [-0.3, -0.25) is 0 Å². The first-order chi connectivity index (χ1) is 9.81. The molecule has 0 atom stereocenters. The maximum Gasteiger partial charge on any atom is 0.129 e. The summed E-state index contributed by atoms with van der Waals surface area (Å²) in [5.74, 6) is 1.68. The summed E-state index contributed by atoms with van der Waals surface area (Å²) < 4.78 is 1.08. The van der Waals surface area contributed by atoms with Gasteiger partial charge in [-0.25, -0.2) is 9.97 Å². The molecule has 20 heavy (non-hydrogen) atoms. The van der Waals surface area contributed by atoms with E-state index in [1.807, 2.05) is 24.4 Å². The predicted octanol–water partition coefficient (Wildman–Crippen LogP) is 3.45. The first-order valence-electron chi connectivity index (χ1n) is 7.10. The molecule has 1 N–H and O–H groups in total. The monoisotopic (exact) mass is 331 g/mol. The molecule has 2 aromatic rings. The van der Waals surface area contributed by atoms with Gasteiger partial charge in [-0.05, 0) is 50.0 Å². The Kier molecular flexibility index (Phi) is 4.43. The van der Waals surface area contributed by atoms with Crippen molar-refractivity contribution in [3.8, 4) is 11.3 Å². The van der Waals surface area contributed by atoms with Gasteiger partial charge in [0.05, 0.1) is 5.69 Å². The van der Waals surface area contributed by atoms with Gasteiger partial charge in [0.15, 0.2) is 0 Å². The average molecular weight is 332 g/mol. The molecule has 1 aliphatic rings. The van der Waals surface area contributed by atoms with Crippen LogP contribution in [0.15, 0.2) is 41.0 Å². The average Bonchev–Trinajstić information content (AvgIpc) is 2.49.